The first-order valence-electron chi connectivity index (χ1n) is 3.00. The Morgan fingerprint density at radius 2 is 2.17 bits per heavy atom. The average molecular weight is 297 g/mol. The van der Waals surface area contributed by atoms with Gasteiger partial charge in [0.05, 0.1) is 11.3 Å². The van der Waals surface area contributed by atoms with E-state index in [4.69, 9.17) is 22.4 Å². The Hall–Kier alpha value is -0.490. The van der Waals surface area contributed by atoms with Gasteiger partial charge in [-0.1, -0.05) is 11.6 Å². The van der Waals surface area contributed by atoms with Crippen molar-refractivity contribution in [2.75, 3.05) is 5.73 Å². The van der Waals surface area contributed by atoms with Crippen LogP contribution < -0.4 is 5.73 Å². The number of carboxylic acid groups (broad SMARTS) is 1. The molecule has 5 heteroatoms. The second kappa shape index (κ2) is 3.49. The van der Waals surface area contributed by atoms with Crippen LogP contribution in [0.4, 0.5) is 5.69 Å². The summed E-state index contributed by atoms with van der Waals surface area (Å²) in [6.07, 6.45) is 0. The van der Waals surface area contributed by atoms with Crippen LogP contribution in [0.25, 0.3) is 0 Å². The van der Waals surface area contributed by atoms with Gasteiger partial charge in [0.15, 0.2) is 0 Å². The Bertz CT molecular complexity index is 340. The van der Waals surface area contributed by atoms with E-state index in [1.54, 1.807) is 6.07 Å². The standard InChI is InChI=1S/C7H5ClINO2/c8-3-1-4(7(11)12)6(10)5(9)2-3/h1-2H,10H2,(H,11,12). The summed E-state index contributed by atoms with van der Waals surface area (Å²) in [7, 11) is 0. The van der Waals surface area contributed by atoms with E-state index in [1.807, 2.05) is 22.6 Å². The lowest BCUT2D eigenvalue weighted by atomic mass is 10.2. The van der Waals surface area contributed by atoms with E-state index in [2.05, 4.69) is 0 Å². The first-order chi connectivity index (χ1) is 5.52. The second-order valence-electron chi connectivity index (χ2n) is 2.15. The van der Waals surface area contributed by atoms with E-state index in [0.29, 0.717) is 8.59 Å². The quantitative estimate of drug-likeness (QED) is 0.617. The molecule has 0 aromatic heterocycles. The molecule has 0 saturated carbocycles. The molecule has 64 valence electrons. The maximum absolute atomic E-state index is 10.6. The molecule has 0 aliphatic rings. The molecule has 0 fully saturated rings. The van der Waals surface area contributed by atoms with Crippen LogP contribution in [-0.2, 0) is 0 Å². The molecule has 0 amide bonds. The third-order valence-corrected chi connectivity index (χ3v) is 2.44. The van der Waals surface area contributed by atoms with Crippen LogP contribution in [0.15, 0.2) is 12.1 Å². The number of halogens is 2. The smallest absolute Gasteiger partial charge is 0.337 e. The minimum Gasteiger partial charge on any atom is -0.478 e. The molecule has 1 aromatic carbocycles. The van der Waals surface area contributed by atoms with E-state index in [0.717, 1.165) is 0 Å². The van der Waals surface area contributed by atoms with Crippen molar-refractivity contribution in [1.82, 2.24) is 0 Å². The fourth-order valence-electron chi connectivity index (χ4n) is 0.762. The molecule has 1 aromatic rings. The lowest BCUT2D eigenvalue weighted by Gasteiger charge is -2.03. The van der Waals surface area contributed by atoms with Crippen molar-refractivity contribution < 1.29 is 9.90 Å². The van der Waals surface area contributed by atoms with Gasteiger partial charge in [-0.3, -0.25) is 0 Å². The SMILES string of the molecule is Nc1c(I)cc(Cl)cc1C(=O)O. The van der Waals surface area contributed by atoms with Gasteiger partial charge in [0.25, 0.3) is 0 Å². The van der Waals surface area contributed by atoms with Gasteiger partial charge in [-0.25, -0.2) is 4.79 Å². The zero-order valence-electron chi connectivity index (χ0n) is 5.84. The lowest BCUT2D eigenvalue weighted by molar-refractivity contribution is 0.0698. The van der Waals surface area contributed by atoms with Crippen molar-refractivity contribution in [1.29, 1.82) is 0 Å². The molecule has 0 aliphatic heterocycles. The van der Waals surface area contributed by atoms with Gasteiger partial charge in [0.1, 0.15) is 0 Å². The first kappa shape index (κ1) is 9.60. The van der Waals surface area contributed by atoms with E-state index in [-0.39, 0.29) is 11.3 Å². The number of hydrogen-bond acceptors (Lipinski definition) is 2. The molecule has 0 heterocycles. The van der Waals surface area contributed by atoms with Crippen molar-refractivity contribution in [3.63, 3.8) is 0 Å². The van der Waals surface area contributed by atoms with Crippen LogP contribution in [0, 0.1) is 3.57 Å². The number of aromatic carboxylic acids is 1. The minimum absolute atomic E-state index is 0.0481. The Morgan fingerprint density at radius 1 is 1.58 bits per heavy atom. The van der Waals surface area contributed by atoms with Crippen LogP contribution in [-0.4, -0.2) is 11.1 Å². The highest BCUT2D eigenvalue weighted by atomic mass is 127. The van der Waals surface area contributed by atoms with E-state index >= 15 is 0 Å². The van der Waals surface area contributed by atoms with E-state index in [9.17, 15) is 4.79 Å². The van der Waals surface area contributed by atoms with Gasteiger partial charge in [-0.2, -0.15) is 0 Å². The van der Waals surface area contributed by atoms with Gasteiger partial charge < -0.3 is 10.8 Å². The number of hydrogen-bond donors (Lipinski definition) is 2. The van der Waals surface area contributed by atoms with Crippen molar-refractivity contribution in [3.8, 4) is 0 Å². The van der Waals surface area contributed by atoms with Crippen LogP contribution in [0.1, 0.15) is 10.4 Å². The van der Waals surface area contributed by atoms with Crippen LogP contribution in [0.3, 0.4) is 0 Å². The summed E-state index contributed by atoms with van der Waals surface area (Å²) in [5.41, 5.74) is 5.81. The highest BCUT2D eigenvalue weighted by Crippen LogP contribution is 2.24. The maximum Gasteiger partial charge on any atom is 0.337 e. The summed E-state index contributed by atoms with van der Waals surface area (Å²) in [5.74, 6) is -1.06. The molecular weight excluding hydrogens is 292 g/mol. The number of benzene rings is 1. The molecule has 3 N–H and O–H groups in total. The molecular formula is C7H5ClINO2. The zero-order chi connectivity index (χ0) is 9.30. The van der Waals surface area contributed by atoms with Crippen LogP contribution >= 0.6 is 34.2 Å². The minimum atomic E-state index is -1.06. The normalized spacial score (nSPS) is 9.83. The van der Waals surface area contributed by atoms with Crippen LogP contribution in [0.2, 0.25) is 5.02 Å². The summed E-state index contributed by atoms with van der Waals surface area (Å²) >= 11 is 7.58. The Morgan fingerprint density at radius 3 is 2.67 bits per heavy atom. The van der Waals surface area contributed by atoms with Crippen LogP contribution in [0.5, 0.6) is 0 Å². The molecule has 0 aliphatic carbocycles. The van der Waals surface area contributed by atoms with E-state index < -0.39 is 5.97 Å². The third-order valence-electron chi connectivity index (χ3n) is 1.32. The molecule has 12 heavy (non-hydrogen) atoms. The Kier molecular flexibility index (Phi) is 2.79. The number of nitrogen functional groups attached to an aromatic ring is 1. The summed E-state index contributed by atoms with van der Waals surface area (Å²) in [5, 5.41) is 9.05. The Labute approximate surface area is 87.7 Å². The Balaban J connectivity index is 3.37. The fraction of sp³-hybridized carbons (Fsp3) is 0. The molecule has 0 atom stereocenters. The van der Waals surface area contributed by atoms with Gasteiger partial charge in [-0.15, -0.1) is 0 Å². The van der Waals surface area contributed by atoms with Crippen molar-refractivity contribution in [2.45, 2.75) is 0 Å². The molecule has 0 bridgehead atoms. The first-order valence-corrected chi connectivity index (χ1v) is 4.46. The van der Waals surface area contributed by atoms with Gasteiger partial charge in [-0.05, 0) is 34.7 Å². The monoisotopic (exact) mass is 297 g/mol. The lowest BCUT2D eigenvalue weighted by Crippen LogP contribution is -2.03. The maximum atomic E-state index is 10.6. The van der Waals surface area contributed by atoms with Crippen molar-refractivity contribution in [3.05, 3.63) is 26.3 Å². The zero-order valence-corrected chi connectivity index (χ0v) is 8.76. The van der Waals surface area contributed by atoms with Gasteiger partial charge >= 0.3 is 5.97 Å². The summed E-state index contributed by atoms with van der Waals surface area (Å²) in [4.78, 5) is 10.6. The summed E-state index contributed by atoms with van der Waals surface area (Å²) < 4.78 is 0.650. The van der Waals surface area contributed by atoms with Gasteiger partial charge in [0.2, 0.25) is 0 Å². The predicted octanol–water partition coefficient (Wildman–Crippen LogP) is 2.23. The number of rotatable bonds is 1. The largest absolute Gasteiger partial charge is 0.478 e. The summed E-state index contributed by atoms with van der Waals surface area (Å²) in [6.45, 7) is 0. The molecule has 0 saturated heterocycles. The number of nitrogens with two attached hydrogens (primary N) is 1. The molecule has 1 rings (SSSR count). The topological polar surface area (TPSA) is 63.3 Å². The second-order valence-corrected chi connectivity index (χ2v) is 3.75. The van der Waals surface area contributed by atoms with E-state index in [1.165, 1.54) is 6.07 Å². The fourth-order valence-corrected chi connectivity index (χ4v) is 1.79. The molecule has 0 radical (unpaired) electrons. The average Bonchev–Trinajstić information content (AvgIpc) is 1.96. The molecule has 0 spiro atoms. The number of carbonyl (C=O) groups is 1. The number of anilines is 1. The van der Waals surface area contributed by atoms with Crippen molar-refractivity contribution in [2.24, 2.45) is 0 Å². The highest BCUT2D eigenvalue weighted by Gasteiger charge is 2.11. The molecule has 3 nitrogen and oxygen atoms in total. The highest BCUT2D eigenvalue weighted by molar-refractivity contribution is 14.1. The number of carboxylic acids is 1. The predicted molar refractivity (Wildman–Crippen MR) is 55.5 cm³/mol. The summed E-state index contributed by atoms with van der Waals surface area (Å²) in [6, 6.07) is 2.95. The third kappa shape index (κ3) is 1.81. The van der Waals surface area contributed by atoms with Crippen molar-refractivity contribution >= 4 is 45.8 Å². The molecule has 0 unspecified atom stereocenters. The van der Waals surface area contributed by atoms with Gasteiger partial charge in [0, 0.05) is 8.59 Å².